The summed E-state index contributed by atoms with van der Waals surface area (Å²) < 4.78 is 5.72. The van der Waals surface area contributed by atoms with Crippen molar-refractivity contribution in [3.05, 3.63) is 29.8 Å². The van der Waals surface area contributed by atoms with E-state index < -0.39 is 0 Å². The minimum Gasteiger partial charge on any atom is -0.491 e. The molecule has 0 aromatic heterocycles. The summed E-state index contributed by atoms with van der Waals surface area (Å²) in [6, 6.07) is 8.36. The molecular formula is C18H32N2O. The van der Waals surface area contributed by atoms with E-state index in [0.717, 1.165) is 31.9 Å². The highest BCUT2D eigenvalue weighted by Crippen LogP contribution is 2.14. The van der Waals surface area contributed by atoms with Crippen LogP contribution in [0.1, 0.15) is 46.1 Å². The van der Waals surface area contributed by atoms with Crippen LogP contribution in [0.25, 0.3) is 0 Å². The zero-order valence-corrected chi connectivity index (χ0v) is 14.2. The molecule has 0 aliphatic rings. The molecule has 3 nitrogen and oxygen atoms in total. The number of hydrogen-bond donors (Lipinski definition) is 1. The van der Waals surface area contributed by atoms with Gasteiger partial charge in [0.25, 0.3) is 0 Å². The van der Waals surface area contributed by atoms with Gasteiger partial charge in [0.15, 0.2) is 0 Å². The van der Waals surface area contributed by atoms with E-state index in [2.05, 4.69) is 56.1 Å². The standard InChI is InChI=1S/C18H32N2O/c1-5-20(6-2)13-8-7-12-19-15-17-10-9-11-18(14-17)21-16(3)4/h9-11,14,16,19H,5-8,12-13,15H2,1-4H3. The Morgan fingerprint density at radius 1 is 1.14 bits per heavy atom. The van der Waals surface area contributed by atoms with Gasteiger partial charge < -0.3 is 15.0 Å². The fourth-order valence-electron chi connectivity index (χ4n) is 2.36. The Hall–Kier alpha value is -1.06. The first-order valence-electron chi connectivity index (χ1n) is 8.34. The van der Waals surface area contributed by atoms with Gasteiger partial charge in [-0.15, -0.1) is 0 Å². The van der Waals surface area contributed by atoms with E-state index >= 15 is 0 Å². The zero-order valence-electron chi connectivity index (χ0n) is 14.2. The minimum absolute atomic E-state index is 0.230. The lowest BCUT2D eigenvalue weighted by molar-refractivity contribution is 0.242. The van der Waals surface area contributed by atoms with Gasteiger partial charge in [0.1, 0.15) is 5.75 Å². The van der Waals surface area contributed by atoms with E-state index in [0.29, 0.717) is 0 Å². The molecule has 120 valence electrons. The summed E-state index contributed by atoms with van der Waals surface area (Å²) >= 11 is 0. The Morgan fingerprint density at radius 3 is 2.57 bits per heavy atom. The number of benzene rings is 1. The predicted molar refractivity (Wildman–Crippen MR) is 90.9 cm³/mol. The maximum absolute atomic E-state index is 5.72. The minimum atomic E-state index is 0.230. The summed E-state index contributed by atoms with van der Waals surface area (Å²) in [5.41, 5.74) is 1.29. The molecule has 0 saturated carbocycles. The van der Waals surface area contributed by atoms with Crippen molar-refractivity contribution in [1.29, 1.82) is 0 Å². The van der Waals surface area contributed by atoms with Crippen LogP contribution in [0.3, 0.4) is 0 Å². The second kappa shape index (κ2) is 10.6. The Kier molecular flexibility index (Phi) is 9.11. The topological polar surface area (TPSA) is 24.5 Å². The summed E-state index contributed by atoms with van der Waals surface area (Å²) in [7, 11) is 0. The molecule has 1 rings (SSSR count). The van der Waals surface area contributed by atoms with Gasteiger partial charge in [0, 0.05) is 6.54 Å². The normalized spacial score (nSPS) is 11.3. The first-order valence-corrected chi connectivity index (χ1v) is 8.34. The third-order valence-corrected chi connectivity index (χ3v) is 3.57. The lowest BCUT2D eigenvalue weighted by Gasteiger charge is -2.17. The molecule has 0 heterocycles. The molecule has 0 saturated heterocycles. The quantitative estimate of drug-likeness (QED) is 0.630. The Morgan fingerprint density at radius 2 is 1.90 bits per heavy atom. The fourth-order valence-corrected chi connectivity index (χ4v) is 2.36. The molecule has 0 unspecified atom stereocenters. The number of nitrogens with one attached hydrogen (secondary N) is 1. The number of ether oxygens (including phenoxy) is 1. The Balaban J connectivity index is 2.18. The molecule has 0 atom stereocenters. The second-order valence-electron chi connectivity index (χ2n) is 5.72. The molecule has 0 radical (unpaired) electrons. The summed E-state index contributed by atoms with van der Waals surface area (Å²) in [4.78, 5) is 2.48. The van der Waals surface area contributed by atoms with Crippen molar-refractivity contribution >= 4 is 0 Å². The molecular weight excluding hydrogens is 260 g/mol. The average molecular weight is 292 g/mol. The van der Waals surface area contributed by atoms with Gasteiger partial charge in [0.05, 0.1) is 6.10 Å². The largest absolute Gasteiger partial charge is 0.491 e. The van der Waals surface area contributed by atoms with Crippen molar-refractivity contribution in [1.82, 2.24) is 10.2 Å². The van der Waals surface area contributed by atoms with E-state index in [4.69, 9.17) is 4.74 Å². The van der Waals surface area contributed by atoms with E-state index in [9.17, 15) is 0 Å². The van der Waals surface area contributed by atoms with Crippen molar-refractivity contribution < 1.29 is 4.74 Å². The first-order chi connectivity index (χ1) is 10.2. The molecule has 0 fully saturated rings. The van der Waals surface area contributed by atoms with Gasteiger partial charge in [-0.25, -0.2) is 0 Å². The van der Waals surface area contributed by atoms with Crippen molar-refractivity contribution in [3.8, 4) is 5.75 Å². The Bertz CT molecular complexity index is 375. The molecule has 1 aromatic carbocycles. The predicted octanol–water partition coefficient (Wildman–Crippen LogP) is 3.69. The Labute approximate surface area is 130 Å². The first kappa shape index (κ1) is 18.0. The van der Waals surface area contributed by atoms with Crippen molar-refractivity contribution in [2.24, 2.45) is 0 Å². The lowest BCUT2D eigenvalue weighted by Crippen LogP contribution is -2.25. The maximum atomic E-state index is 5.72. The monoisotopic (exact) mass is 292 g/mol. The summed E-state index contributed by atoms with van der Waals surface area (Å²) in [6.07, 6.45) is 2.73. The van der Waals surface area contributed by atoms with Crippen LogP contribution in [0.5, 0.6) is 5.75 Å². The van der Waals surface area contributed by atoms with Crippen molar-refractivity contribution in [2.75, 3.05) is 26.2 Å². The van der Waals surface area contributed by atoms with E-state index in [1.165, 1.54) is 24.9 Å². The molecule has 1 N–H and O–H groups in total. The third-order valence-electron chi connectivity index (χ3n) is 3.57. The van der Waals surface area contributed by atoms with Gasteiger partial charge in [0.2, 0.25) is 0 Å². The SMILES string of the molecule is CCN(CC)CCCCNCc1cccc(OC(C)C)c1. The van der Waals surface area contributed by atoms with Gasteiger partial charge in [-0.05, 0) is 70.6 Å². The van der Waals surface area contributed by atoms with Crippen LogP contribution in [0, 0.1) is 0 Å². The van der Waals surface area contributed by atoms with Crippen LogP contribution in [-0.4, -0.2) is 37.2 Å². The average Bonchev–Trinajstić information content (AvgIpc) is 2.46. The number of unbranched alkanes of at least 4 members (excludes halogenated alkanes) is 1. The summed E-state index contributed by atoms with van der Waals surface area (Å²) in [6.45, 7) is 14.1. The van der Waals surface area contributed by atoms with Crippen LogP contribution in [0.15, 0.2) is 24.3 Å². The zero-order chi connectivity index (χ0) is 15.5. The third kappa shape index (κ3) is 8.08. The van der Waals surface area contributed by atoms with Gasteiger partial charge in [-0.1, -0.05) is 26.0 Å². The summed E-state index contributed by atoms with van der Waals surface area (Å²) in [5, 5.41) is 3.52. The number of nitrogens with zero attached hydrogens (tertiary/aromatic N) is 1. The molecule has 1 aromatic rings. The highest BCUT2D eigenvalue weighted by molar-refractivity contribution is 5.28. The van der Waals surface area contributed by atoms with Crippen LogP contribution in [-0.2, 0) is 6.54 Å². The van der Waals surface area contributed by atoms with Crippen LogP contribution >= 0.6 is 0 Å². The molecule has 0 spiro atoms. The molecule has 3 heteroatoms. The van der Waals surface area contributed by atoms with E-state index in [1.54, 1.807) is 0 Å². The van der Waals surface area contributed by atoms with Gasteiger partial charge in [-0.3, -0.25) is 0 Å². The fraction of sp³-hybridized carbons (Fsp3) is 0.667. The van der Waals surface area contributed by atoms with E-state index in [-0.39, 0.29) is 6.10 Å². The molecule has 0 aliphatic carbocycles. The van der Waals surface area contributed by atoms with Crippen molar-refractivity contribution in [2.45, 2.75) is 53.2 Å². The van der Waals surface area contributed by atoms with Crippen molar-refractivity contribution in [3.63, 3.8) is 0 Å². The number of hydrogen-bond acceptors (Lipinski definition) is 3. The molecule has 0 bridgehead atoms. The highest BCUT2D eigenvalue weighted by Gasteiger charge is 2.00. The van der Waals surface area contributed by atoms with E-state index in [1.807, 2.05) is 6.07 Å². The molecule has 0 amide bonds. The molecule has 0 aliphatic heterocycles. The second-order valence-corrected chi connectivity index (χ2v) is 5.72. The van der Waals surface area contributed by atoms with Crippen LogP contribution in [0.2, 0.25) is 0 Å². The number of rotatable bonds is 11. The maximum Gasteiger partial charge on any atom is 0.120 e. The molecule has 21 heavy (non-hydrogen) atoms. The summed E-state index contributed by atoms with van der Waals surface area (Å²) in [5.74, 6) is 0.964. The highest BCUT2D eigenvalue weighted by atomic mass is 16.5. The lowest BCUT2D eigenvalue weighted by atomic mass is 10.2. The smallest absolute Gasteiger partial charge is 0.120 e. The van der Waals surface area contributed by atoms with Crippen LogP contribution < -0.4 is 10.1 Å². The van der Waals surface area contributed by atoms with Crippen LogP contribution in [0.4, 0.5) is 0 Å². The van der Waals surface area contributed by atoms with Gasteiger partial charge >= 0.3 is 0 Å². The van der Waals surface area contributed by atoms with Gasteiger partial charge in [-0.2, -0.15) is 0 Å².